The number of para-hydroxylation sites is 1. The first-order chi connectivity index (χ1) is 15.3. The summed E-state index contributed by atoms with van der Waals surface area (Å²) in [4.78, 5) is 0. The summed E-state index contributed by atoms with van der Waals surface area (Å²) in [5, 5.41) is 16.1. The molecular weight excluding hydrogens is 414 g/mol. The highest BCUT2D eigenvalue weighted by molar-refractivity contribution is 7.80. The van der Waals surface area contributed by atoms with Gasteiger partial charge in [0, 0.05) is 6.04 Å². The number of nitrogens with zero attached hydrogens (tertiary/aromatic N) is 3. The second-order valence-corrected chi connectivity index (χ2v) is 8.92. The van der Waals surface area contributed by atoms with E-state index >= 15 is 0 Å². The summed E-state index contributed by atoms with van der Waals surface area (Å²) < 4.78 is 19.8. The van der Waals surface area contributed by atoms with Crippen LogP contribution < -0.4 is 15.4 Å². The minimum absolute atomic E-state index is 0.00495. The number of aromatic nitrogens is 3. The Hall–Kier alpha value is -2.23. The maximum absolute atomic E-state index is 6.09. The lowest BCUT2D eigenvalue weighted by atomic mass is 9.96. The Bertz CT molecular complexity index is 873. The van der Waals surface area contributed by atoms with E-state index in [1.807, 2.05) is 41.2 Å². The lowest BCUT2D eigenvalue weighted by molar-refractivity contribution is 0.0624. The number of ether oxygens (including phenoxy) is 3. The van der Waals surface area contributed by atoms with E-state index in [2.05, 4.69) is 20.9 Å². The highest BCUT2D eigenvalue weighted by Crippen LogP contribution is 2.34. The molecular formula is C22H29N5O3S. The number of benzene rings is 1. The van der Waals surface area contributed by atoms with Crippen molar-refractivity contribution in [1.82, 2.24) is 25.6 Å². The average molecular weight is 444 g/mol. The van der Waals surface area contributed by atoms with Gasteiger partial charge in [-0.1, -0.05) is 42.7 Å². The molecule has 0 radical (unpaired) electrons. The van der Waals surface area contributed by atoms with E-state index in [9.17, 15) is 0 Å². The molecule has 8 nitrogen and oxygen atoms in total. The number of hydrogen-bond acceptors (Lipinski definition) is 6. The molecule has 1 saturated carbocycles. The lowest BCUT2D eigenvalue weighted by Gasteiger charge is -2.26. The van der Waals surface area contributed by atoms with Gasteiger partial charge in [-0.2, -0.15) is 0 Å². The van der Waals surface area contributed by atoms with Crippen LogP contribution in [-0.2, 0) is 16.1 Å². The molecule has 2 N–H and O–H groups in total. The third kappa shape index (κ3) is 4.83. The molecule has 31 heavy (non-hydrogen) atoms. The van der Waals surface area contributed by atoms with Crippen molar-refractivity contribution in [2.45, 2.75) is 69.0 Å². The van der Waals surface area contributed by atoms with Crippen LogP contribution in [0.3, 0.4) is 0 Å². The van der Waals surface area contributed by atoms with Gasteiger partial charge in [0.15, 0.2) is 5.11 Å². The van der Waals surface area contributed by atoms with Crippen molar-refractivity contribution < 1.29 is 14.2 Å². The molecule has 166 valence electrons. The van der Waals surface area contributed by atoms with Crippen LogP contribution >= 0.6 is 12.2 Å². The molecule has 2 saturated heterocycles. The zero-order valence-corrected chi connectivity index (χ0v) is 18.3. The van der Waals surface area contributed by atoms with Gasteiger partial charge in [0.25, 0.3) is 0 Å². The predicted molar refractivity (Wildman–Crippen MR) is 119 cm³/mol. The average Bonchev–Trinajstić information content (AvgIpc) is 3.51. The number of hydrogen-bond donors (Lipinski definition) is 2. The summed E-state index contributed by atoms with van der Waals surface area (Å²) in [7, 11) is 0. The topological polar surface area (TPSA) is 82.5 Å². The van der Waals surface area contributed by atoms with E-state index < -0.39 is 0 Å². The van der Waals surface area contributed by atoms with Crippen LogP contribution in [0.5, 0.6) is 5.75 Å². The molecule has 2 aromatic rings. The van der Waals surface area contributed by atoms with Crippen LogP contribution in [0.2, 0.25) is 0 Å². The van der Waals surface area contributed by atoms with Crippen molar-refractivity contribution in [3.8, 4) is 5.75 Å². The Morgan fingerprint density at radius 1 is 1.06 bits per heavy atom. The third-order valence-electron chi connectivity index (χ3n) is 6.31. The molecule has 0 unspecified atom stereocenters. The van der Waals surface area contributed by atoms with Gasteiger partial charge in [-0.05, 0) is 37.2 Å². The largest absolute Gasteiger partial charge is 0.487 e. The molecule has 0 bridgehead atoms. The second-order valence-electron chi connectivity index (χ2n) is 8.51. The monoisotopic (exact) mass is 443 g/mol. The van der Waals surface area contributed by atoms with E-state index in [4.69, 9.17) is 26.4 Å². The third-order valence-corrected chi connectivity index (χ3v) is 6.55. The van der Waals surface area contributed by atoms with Crippen molar-refractivity contribution in [3.05, 3.63) is 42.2 Å². The first-order valence-electron chi connectivity index (χ1n) is 11.1. The summed E-state index contributed by atoms with van der Waals surface area (Å²) >= 11 is 5.55. The highest BCUT2D eigenvalue weighted by atomic mass is 32.1. The van der Waals surface area contributed by atoms with Gasteiger partial charge < -0.3 is 24.8 Å². The van der Waals surface area contributed by atoms with Crippen LogP contribution in [0, 0.1) is 0 Å². The molecule has 1 aromatic heterocycles. The fraction of sp³-hybridized carbons (Fsp3) is 0.591. The summed E-state index contributed by atoms with van der Waals surface area (Å²) in [6.45, 7) is 1.48. The summed E-state index contributed by atoms with van der Waals surface area (Å²) in [6, 6.07) is 10.2. The highest BCUT2D eigenvalue weighted by Gasteiger charge is 2.49. The van der Waals surface area contributed by atoms with E-state index in [0.717, 1.165) is 11.4 Å². The van der Waals surface area contributed by atoms with Gasteiger partial charge in [-0.25, -0.2) is 4.68 Å². The van der Waals surface area contributed by atoms with Gasteiger partial charge in [-0.3, -0.25) is 0 Å². The minimum Gasteiger partial charge on any atom is -0.487 e. The molecule has 1 aliphatic carbocycles. The van der Waals surface area contributed by atoms with Crippen LogP contribution in [0.4, 0.5) is 0 Å². The van der Waals surface area contributed by atoms with Crippen LogP contribution in [0.15, 0.2) is 36.5 Å². The Kier molecular flexibility index (Phi) is 6.33. The standard InChI is InChI=1S/C22H29N5O3S/c31-22(23-15-7-3-1-4-8-15)24-18-13-29-21-19(14-30-20(18)21)27-11-16(25-26-27)12-28-17-9-5-2-6-10-17/h2,5-6,9-11,15,18-21H,1,3-4,7-8,12-14H2,(H2,23,24,31)/t18-,19-,20+,21+/m0/s1. The normalized spacial score (nSPS) is 28.3. The smallest absolute Gasteiger partial charge is 0.166 e. The second kappa shape index (κ2) is 9.50. The van der Waals surface area contributed by atoms with Gasteiger partial charge in [-0.15, -0.1) is 5.10 Å². The van der Waals surface area contributed by atoms with Crippen molar-refractivity contribution in [3.63, 3.8) is 0 Å². The SMILES string of the molecule is S=C(NC1CCCCC1)N[C@H]1CO[C@H]2[C@@H]1OC[C@@H]2n1cc(COc2ccccc2)nn1. The Balaban J connectivity index is 1.14. The number of fused-ring (bicyclic) bond motifs is 1. The molecule has 1 aromatic carbocycles. The van der Waals surface area contributed by atoms with Gasteiger partial charge in [0.2, 0.25) is 0 Å². The zero-order valence-electron chi connectivity index (χ0n) is 17.5. The molecule has 5 rings (SSSR count). The number of thiocarbonyl (C=S) groups is 1. The van der Waals surface area contributed by atoms with Crippen molar-refractivity contribution >= 4 is 17.3 Å². The maximum atomic E-state index is 6.09. The van der Waals surface area contributed by atoms with Crippen molar-refractivity contribution in [2.75, 3.05) is 13.2 Å². The van der Waals surface area contributed by atoms with Crippen LogP contribution in [0.25, 0.3) is 0 Å². The molecule has 2 aliphatic heterocycles. The maximum Gasteiger partial charge on any atom is 0.166 e. The molecule has 3 heterocycles. The molecule has 3 fully saturated rings. The molecule has 9 heteroatoms. The van der Waals surface area contributed by atoms with Crippen molar-refractivity contribution in [1.29, 1.82) is 0 Å². The van der Waals surface area contributed by atoms with Crippen molar-refractivity contribution in [2.24, 2.45) is 0 Å². The predicted octanol–water partition coefficient (Wildman–Crippen LogP) is 2.36. The Morgan fingerprint density at radius 3 is 2.71 bits per heavy atom. The van der Waals surface area contributed by atoms with E-state index in [0.29, 0.717) is 31.0 Å². The van der Waals surface area contributed by atoms with E-state index in [-0.39, 0.29) is 24.3 Å². The molecule has 0 amide bonds. The zero-order chi connectivity index (χ0) is 21.0. The molecule has 4 atom stereocenters. The number of rotatable bonds is 6. The van der Waals surface area contributed by atoms with E-state index in [1.165, 1.54) is 32.1 Å². The van der Waals surface area contributed by atoms with Crippen LogP contribution in [-0.4, -0.2) is 57.6 Å². The van der Waals surface area contributed by atoms with E-state index in [1.54, 1.807) is 0 Å². The van der Waals surface area contributed by atoms with Gasteiger partial charge >= 0.3 is 0 Å². The Morgan fingerprint density at radius 2 is 1.87 bits per heavy atom. The fourth-order valence-electron chi connectivity index (χ4n) is 4.69. The summed E-state index contributed by atoms with van der Waals surface area (Å²) in [5.74, 6) is 0.812. The Labute approximate surface area is 187 Å². The quantitative estimate of drug-likeness (QED) is 0.659. The van der Waals surface area contributed by atoms with Crippen LogP contribution in [0.1, 0.15) is 43.8 Å². The fourth-order valence-corrected chi connectivity index (χ4v) is 5.01. The van der Waals surface area contributed by atoms with Gasteiger partial charge in [0.1, 0.15) is 36.3 Å². The summed E-state index contributed by atoms with van der Waals surface area (Å²) in [6.07, 6.45) is 8.06. The van der Waals surface area contributed by atoms with Gasteiger partial charge in [0.05, 0.1) is 25.5 Å². The summed E-state index contributed by atoms with van der Waals surface area (Å²) in [5.41, 5.74) is 0.776. The first-order valence-corrected chi connectivity index (χ1v) is 11.6. The minimum atomic E-state index is -0.0698. The number of nitrogens with one attached hydrogen (secondary N) is 2. The lowest BCUT2D eigenvalue weighted by Crippen LogP contribution is -2.50. The molecule has 0 spiro atoms. The first kappa shape index (κ1) is 20.7. The molecule has 3 aliphatic rings.